The van der Waals surface area contributed by atoms with Crippen molar-refractivity contribution in [2.75, 3.05) is 0 Å². The van der Waals surface area contributed by atoms with Gasteiger partial charge in [0.05, 0.1) is 9.31 Å². The van der Waals surface area contributed by atoms with Crippen molar-refractivity contribution in [1.29, 1.82) is 0 Å². The van der Waals surface area contributed by atoms with E-state index >= 15 is 0 Å². The maximum atomic E-state index is 12.3. The van der Waals surface area contributed by atoms with Gasteiger partial charge in [0.1, 0.15) is 11.5 Å². The van der Waals surface area contributed by atoms with E-state index in [4.69, 9.17) is 0 Å². The van der Waals surface area contributed by atoms with E-state index in [1.54, 1.807) is 0 Å². The highest BCUT2D eigenvalue weighted by Crippen LogP contribution is 2.13. The third kappa shape index (κ3) is 3.50. The molecule has 0 atom stereocenters. The fourth-order valence-electron chi connectivity index (χ4n) is 0.662. The first-order valence-electron chi connectivity index (χ1n) is 3.30. The molecule has 0 aromatic heterocycles. The van der Waals surface area contributed by atoms with Crippen LogP contribution in [0.3, 0.4) is 0 Å². The highest BCUT2D eigenvalue weighted by atomic mass is 19.3. The summed E-state index contributed by atoms with van der Waals surface area (Å²) < 4.78 is 47.6. The number of nitrogens with zero attached hydrogens (tertiary/aromatic N) is 2. The Kier molecular flexibility index (Phi) is 4.75. The fourth-order valence-corrected chi connectivity index (χ4v) is 0.662. The van der Waals surface area contributed by atoms with Crippen LogP contribution in [0.15, 0.2) is 29.4 Å². The van der Waals surface area contributed by atoms with Gasteiger partial charge < -0.3 is 4.70 Å². The lowest BCUT2D eigenvalue weighted by Gasteiger charge is -1.87. The van der Waals surface area contributed by atoms with Crippen molar-refractivity contribution in [2.24, 2.45) is 5.11 Å². The van der Waals surface area contributed by atoms with Crippen LogP contribution in [0, 0.1) is 5.82 Å². The lowest BCUT2D eigenvalue weighted by atomic mass is 10.3. The van der Waals surface area contributed by atoms with E-state index in [0.29, 0.717) is 0 Å². The molecule has 0 N–H and O–H groups in total. The molecule has 8 heteroatoms. The SMILES string of the molecule is FB(F)[N+](F)=Nc1ccc(F)cc1.[F-]. The van der Waals surface area contributed by atoms with Crippen molar-refractivity contribution in [3.63, 3.8) is 0 Å². The Bertz CT molecular complexity index is 313. The van der Waals surface area contributed by atoms with Crippen molar-refractivity contribution in [2.45, 2.75) is 0 Å². The molecule has 0 fully saturated rings. The summed E-state index contributed by atoms with van der Waals surface area (Å²) in [6, 6.07) is 4.17. The molecule has 76 valence electrons. The van der Waals surface area contributed by atoms with E-state index in [-0.39, 0.29) is 10.4 Å². The normalized spacial score (nSPS) is 10.7. The van der Waals surface area contributed by atoms with Crippen LogP contribution in [0.4, 0.5) is 23.2 Å². The minimum absolute atomic E-state index is 0. The predicted molar refractivity (Wildman–Crippen MR) is 37.8 cm³/mol. The molecule has 0 saturated carbocycles. The molecule has 0 spiro atoms. The maximum Gasteiger partial charge on any atom is 1.00 e. The van der Waals surface area contributed by atoms with Crippen molar-refractivity contribution in [1.82, 2.24) is 0 Å². The standard InChI is InChI=1S/C6H4BF4N2.FH/c8-5-1-3-6(4-2-5)12-13(11)7(9)10;/h1-4H;1H/q+1;/p-1. The van der Waals surface area contributed by atoms with E-state index in [1.807, 2.05) is 0 Å². The average Bonchev–Trinajstić information content (AvgIpc) is 2.08. The van der Waals surface area contributed by atoms with Crippen molar-refractivity contribution >= 4 is 13.1 Å². The molecule has 0 radical (unpaired) electrons. The van der Waals surface area contributed by atoms with Crippen LogP contribution < -0.4 is 4.70 Å². The van der Waals surface area contributed by atoms with E-state index < -0.39 is 18.0 Å². The first-order valence-corrected chi connectivity index (χ1v) is 3.30. The Morgan fingerprint density at radius 1 is 1.14 bits per heavy atom. The summed E-state index contributed by atoms with van der Waals surface area (Å²) in [6.07, 6.45) is 0. The van der Waals surface area contributed by atoms with Crippen LogP contribution in [0.1, 0.15) is 0 Å². The number of benzene rings is 1. The number of halogens is 5. The Morgan fingerprint density at radius 2 is 1.64 bits per heavy atom. The number of hydrogen-bond donors (Lipinski definition) is 0. The van der Waals surface area contributed by atoms with Crippen LogP contribution >= 0.6 is 0 Å². The summed E-state index contributed by atoms with van der Waals surface area (Å²) in [5.41, 5.74) is -0.0794. The second kappa shape index (κ2) is 5.30. The molecule has 1 aromatic carbocycles. The van der Waals surface area contributed by atoms with Gasteiger partial charge in [-0.2, -0.15) is 0 Å². The van der Waals surface area contributed by atoms with Gasteiger partial charge in [0, 0.05) is 5.11 Å². The van der Waals surface area contributed by atoms with E-state index in [9.17, 15) is 17.5 Å². The Balaban J connectivity index is 0.00000169. The van der Waals surface area contributed by atoms with Crippen LogP contribution in [0.25, 0.3) is 0 Å². The van der Waals surface area contributed by atoms with Gasteiger partial charge in [-0.15, -0.1) is 0 Å². The van der Waals surface area contributed by atoms with Gasteiger partial charge in [0.15, 0.2) is 0 Å². The van der Waals surface area contributed by atoms with E-state index in [1.165, 1.54) is 0 Å². The molecule has 1 rings (SSSR count). The van der Waals surface area contributed by atoms with Crippen LogP contribution in [-0.4, -0.2) is 12.2 Å². The molecule has 0 aliphatic carbocycles. The first-order chi connectivity index (χ1) is 6.09. The molecule has 0 aliphatic rings. The molecule has 0 unspecified atom stereocenters. The lowest BCUT2D eigenvalue weighted by molar-refractivity contribution is -0.666. The van der Waals surface area contributed by atoms with Crippen molar-refractivity contribution < 1.29 is 27.0 Å². The predicted octanol–water partition coefficient (Wildman–Crippen LogP) is -0.266. The quantitative estimate of drug-likeness (QED) is 0.276. The van der Waals surface area contributed by atoms with Gasteiger partial charge in [0.2, 0.25) is 0 Å². The van der Waals surface area contributed by atoms with E-state index in [0.717, 1.165) is 24.3 Å². The summed E-state index contributed by atoms with van der Waals surface area (Å²) in [5.74, 6) is -0.540. The third-order valence-electron chi connectivity index (χ3n) is 1.20. The number of hydrogen-bond acceptors (Lipinski definition) is 1. The molecule has 0 heterocycles. The molecule has 0 amide bonds. The van der Waals surface area contributed by atoms with Gasteiger partial charge >= 0.3 is 7.40 Å². The van der Waals surface area contributed by atoms with Crippen LogP contribution in [0.2, 0.25) is 0 Å². The summed E-state index contributed by atoms with van der Waals surface area (Å²) in [4.78, 5) is -0.993. The zero-order valence-corrected chi connectivity index (χ0v) is 6.67. The van der Waals surface area contributed by atoms with Crippen molar-refractivity contribution in [3.8, 4) is 0 Å². The largest absolute Gasteiger partial charge is 1.00 e. The summed E-state index contributed by atoms with van der Waals surface area (Å²) in [5, 5.41) is 2.85. The zero-order valence-electron chi connectivity index (χ0n) is 6.67. The highest BCUT2D eigenvalue weighted by molar-refractivity contribution is 6.31. The zero-order chi connectivity index (χ0) is 9.84. The number of rotatable bonds is 2. The topological polar surface area (TPSA) is 15.4 Å². The summed E-state index contributed by atoms with van der Waals surface area (Å²) in [6.45, 7) is 0. The smallest absolute Gasteiger partial charge is 1.00 e. The molecule has 1 aromatic rings. The van der Waals surface area contributed by atoms with Gasteiger partial charge in [-0.3, -0.25) is 0 Å². The minimum atomic E-state index is -3.31. The summed E-state index contributed by atoms with van der Waals surface area (Å²) >= 11 is 0. The monoisotopic (exact) mass is 210 g/mol. The van der Waals surface area contributed by atoms with Gasteiger partial charge in [-0.1, -0.05) is 0 Å². The molecule has 0 bridgehead atoms. The Hall–Kier alpha value is -1.47. The van der Waals surface area contributed by atoms with Gasteiger partial charge in [0.25, 0.3) is 0 Å². The Labute approximate surface area is 76.4 Å². The molecular formula is C6H4BF5N2. The average molecular weight is 210 g/mol. The van der Waals surface area contributed by atoms with Gasteiger partial charge in [-0.25, -0.2) is 13.0 Å². The molecular weight excluding hydrogens is 206 g/mol. The highest BCUT2D eigenvalue weighted by Gasteiger charge is 2.40. The van der Waals surface area contributed by atoms with Crippen LogP contribution in [0.5, 0.6) is 0 Å². The second-order valence-corrected chi connectivity index (χ2v) is 2.14. The maximum absolute atomic E-state index is 12.3. The second-order valence-electron chi connectivity index (χ2n) is 2.14. The lowest BCUT2D eigenvalue weighted by Crippen LogP contribution is -3.00. The Morgan fingerprint density at radius 3 is 2.07 bits per heavy atom. The van der Waals surface area contributed by atoms with Crippen molar-refractivity contribution in [3.05, 3.63) is 30.1 Å². The minimum Gasteiger partial charge on any atom is -1.00 e. The third-order valence-corrected chi connectivity index (χ3v) is 1.20. The fraction of sp³-hybridized carbons (Fsp3) is 0. The molecule has 14 heavy (non-hydrogen) atoms. The van der Waals surface area contributed by atoms with Crippen LogP contribution in [-0.2, 0) is 0 Å². The molecule has 0 aliphatic heterocycles. The first kappa shape index (κ1) is 12.5. The molecule has 0 saturated heterocycles. The summed E-state index contributed by atoms with van der Waals surface area (Å²) in [7, 11) is -3.31. The van der Waals surface area contributed by atoms with E-state index in [2.05, 4.69) is 5.11 Å². The van der Waals surface area contributed by atoms with Gasteiger partial charge in [-0.05, 0) is 24.3 Å². The molecule has 2 nitrogen and oxygen atoms in total.